The van der Waals surface area contributed by atoms with Gasteiger partial charge in [-0.3, -0.25) is 0 Å². The summed E-state index contributed by atoms with van der Waals surface area (Å²) >= 11 is 0. The zero-order chi connectivity index (χ0) is 20.3. The number of hydrogen-bond acceptors (Lipinski definition) is 6. The highest BCUT2D eigenvalue weighted by Crippen LogP contribution is 2.56. The minimum Gasteiger partial charge on any atom is -0.446 e. The molecule has 1 saturated heterocycles. The first kappa shape index (κ1) is 18.4. The maximum atomic E-state index is 12.9. The number of aliphatic hydroxyl groups is 1. The fourth-order valence-electron chi connectivity index (χ4n) is 6.68. The van der Waals surface area contributed by atoms with E-state index in [9.17, 15) is 9.90 Å². The summed E-state index contributed by atoms with van der Waals surface area (Å²) in [6.45, 7) is 1.31. The van der Waals surface area contributed by atoms with Gasteiger partial charge in [-0.25, -0.2) is 14.8 Å². The molecule has 7 rings (SSSR count). The molecular formula is C23H28N4O3. The Bertz CT molecular complexity index is 961. The van der Waals surface area contributed by atoms with Crippen LogP contribution in [0.15, 0.2) is 30.6 Å². The van der Waals surface area contributed by atoms with Crippen LogP contribution in [-0.4, -0.2) is 56.9 Å². The summed E-state index contributed by atoms with van der Waals surface area (Å²) in [6, 6.07) is 8.09. The molecular weight excluding hydrogens is 380 g/mol. The minimum atomic E-state index is -0.498. The summed E-state index contributed by atoms with van der Waals surface area (Å²) in [4.78, 5) is 23.5. The van der Waals surface area contributed by atoms with Crippen molar-refractivity contribution in [3.63, 3.8) is 0 Å². The van der Waals surface area contributed by atoms with E-state index < -0.39 is 5.60 Å². The zero-order valence-corrected chi connectivity index (χ0v) is 17.0. The van der Waals surface area contributed by atoms with Crippen molar-refractivity contribution in [2.75, 3.05) is 18.4 Å². The summed E-state index contributed by atoms with van der Waals surface area (Å²) < 4.78 is 6.05. The highest BCUT2D eigenvalue weighted by Gasteiger charge is 2.56. The molecule has 1 aromatic heterocycles. The fraction of sp³-hybridized carbons (Fsp3) is 0.609. The van der Waals surface area contributed by atoms with Crippen LogP contribution in [-0.2, 0) is 4.74 Å². The molecule has 4 saturated carbocycles. The average Bonchev–Trinajstić information content (AvgIpc) is 3.18. The first-order valence-electron chi connectivity index (χ1n) is 11.2. The average molecular weight is 409 g/mol. The molecule has 0 spiro atoms. The van der Waals surface area contributed by atoms with Crippen molar-refractivity contribution in [3.8, 4) is 0 Å². The first-order valence-corrected chi connectivity index (χ1v) is 11.2. The van der Waals surface area contributed by atoms with Gasteiger partial charge in [-0.1, -0.05) is 12.1 Å². The lowest BCUT2D eigenvalue weighted by Crippen LogP contribution is -2.58. The number of hydrogen-bond donors (Lipinski definition) is 2. The zero-order valence-electron chi connectivity index (χ0n) is 17.0. The second kappa shape index (κ2) is 6.80. The molecule has 0 radical (unpaired) electrons. The van der Waals surface area contributed by atoms with E-state index >= 15 is 0 Å². The topological polar surface area (TPSA) is 87.6 Å². The standard InChI is InChI=1S/C23H28N4O3/c28-22(30-20-15-7-14-8-16(20)11-23(29,9-14)10-15)27-6-5-17(12-27)26-21-18-3-1-2-4-19(18)24-13-25-21/h1-4,13-17,20,29H,5-12H2,(H,24,25,26)/t14?,15-,16-,17?,20?,23?/m1/s1. The van der Waals surface area contributed by atoms with Crippen molar-refractivity contribution in [1.82, 2.24) is 14.9 Å². The number of carbonyl (C=O) groups excluding carboxylic acids is 1. The largest absolute Gasteiger partial charge is 0.446 e. The summed E-state index contributed by atoms with van der Waals surface area (Å²) in [5.41, 5.74) is 0.412. The number of benzene rings is 1. The van der Waals surface area contributed by atoms with E-state index in [2.05, 4.69) is 15.3 Å². The van der Waals surface area contributed by atoms with Crippen LogP contribution >= 0.6 is 0 Å². The van der Waals surface area contributed by atoms with Gasteiger partial charge in [0.05, 0.1) is 11.1 Å². The van der Waals surface area contributed by atoms with Gasteiger partial charge in [0.25, 0.3) is 0 Å². The van der Waals surface area contributed by atoms with Gasteiger partial charge in [0.2, 0.25) is 0 Å². The number of likely N-dealkylation sites (tertiary alicyclic amines) is 1. The highest BCUT2D eigenvalue weighted by molar-refractivity contribution is 5.88. The number of aromatic nitrogens is 2. The van der Waals surface area contributed by atoms with E-state index in [1.54, 1.807) is 6.33 Å². The van der Waals surface area contributed by atoms with E-state index in [-0.39, 0.29) is 18.2 Å². The normalized spacial score (nSPS) is 37.0. The first-order chi connectivity index (χ1) is 14.6. The number of ether oxygens (including phenoxy) is 1. The van der Waals surface area contributed by atoms with E-state index in [4.69, 9.17) is 4.74 Å². The molecule has 1 amide bonds. The summed E-state index contributed by atoms with van der Waals surface area (Å²) in [7, 11) is 0. The Morgan fingerprint density at radius 3 is 2.77 bits per heavy atom. The van der Waals surface area contributed by atoms with Crippen molar-refractivity contribution < 1.29 is 14.6 Å². The number of amides is 1. The van der Waals surface area contributed by atoms with Gasteiger partial charge in [0.15, 0.2) is 0 Å². The van der Waals surface area contributed by atoms with Gasteiger partial charge in [-0.15, -0.1) is 0 Å². The maximum absolute atomic E-state index is 12.9. The molecule has 7 nitrogen and oxygen atoms in total. The summed E-state index contributed by atoms with van der Waals surface area (Å²) in [6.07, 6.45) is 6.95. The lowest BCUT2D eigenvalue weighted by atomic mass is 9.53. The van der Waals surface area contributed by atoms with E-state index in [1.807, 2.05) is 29.2 Å². The number of rotatable bonds is 3. The molecule has 3 atom stereocenters. The molecule has 30 heavy (non-hydrogen) atoms. The molecule has 2 N–H and O–H groups in total. The van der Waals surface area contributed by atoms with Gasteiger partial charge >= 0.3 is 6.09 Å². The Morgan fingerprint density at radius 1 is 1.17 bits per heavy atom. The van der Waals surface area contributed by atoms with E-state index in [0.717, 1.165) is 55.2 Å². The molecule has 1 aliphatic heterocycles. The molecule has 7 heteroatoms. The molecule has 1 aromatic carbocycles. The smallest absolute Gasteiger partial charge is 0.410 e. The maximum Gasteiger partial charge on any atom is 0.410 e. The van der Waals surface area contributed by atoms with Crippen LogP contribution in [0.2, 0.25) is 0 Å². The Hall–Kier alpha value is -2.41. The minimum absolute atomic E-state index is 0.0212. The quantitative estimate of drug-likeness (QED) is 0.811. The molecule has 2 aromatic rings. The summed E-state index contributed by atoms with van der Waals surface area (Å²) in [5.74, 6) is 2.09. The van der Waals surface area contributed by atoms with Crippen LogP contribution in [0.25, 0.3) is 10.9 Å². The van der Waals surface area contributed by atoms with Gasteiger partial charge in [0, 0.05) is 24.5 Å². The van der Waals surface area contributed by atoms with Crippen LogP contribution < -0.4 is 5.32 Å². The van der Waals surface area contributed by atoms with Gasteiger partial charge in [-0.05, 0) is 68.4 Å². The molecule has 5 aliphatic rings. The van der Waals surface area contributed by atoms with E-state index in [0.29, 0.717) is 30.8 Å². The van der Waals surface area contributed by atoms with Crippen LogP contribution in [0, 0.1) is 17.8 Å². The van der Waals surface area contributed by atoms with Crippen molar-refractivity contribution in [1.29, 1.82) is 0 Å². The van der Waals surface area contributed by atoms with Crippen LogP contribution in [0.3, 0.4) is 0 Å². The molecule has 158 valence electrons. The lowest BCUT2D eigenvalue weighted by molar-refractivity contribution is -0.177. The van der Waals surface area contributed by atoms with Crippen molar-refractivity contribution in [2.24, 2.45) is 17.8 Å². The van der Waals surface area contributed by atoms with Gasteiger partial charge in [-0.2, -0.15) is 0 Å². The number of nitrogens with one attached hydrogen (secondary N) is 1. The molecule has 4 aliphatic carbocycles. The van der Waals surface area contributed by atoms with Crippen LogP contribution in [0.1, 0.15) is 38.5 Å². The molecule has 1 unspecified atom stereocenters. The monoisotopic (exact) mass is 408 g/mol. The second-order valence-corrected chi connectivity index (χ2v) is 9.86. The lowest BCUT2D eigenvalue weighted by Gasteiger charge is -2.57. The van der Waals surface area contributed by atoms with Crippen LogP contribution in [0.5, 0.6) is 0 Å². The fourth-order valence-corrected chi connectivity index (χ4v) is 6.68. The Labute approximate surface area is 175 Å². The molecule has 2 heterocycles. The highest BCUT2D eigenvalue weighted by atomic mass is 16.6. The molecule has 4 bridgehead atoms. The third-order valence-corrected chi connectivity index (χ3v) is 7.72. The third kappa shape index (κ3) is 3.11. The Kier molecular flexibility index (Phi) is 4.17. The van der Waals surface area contributed by atoms with Gasteiger partial charge in [0.1, 0.15) is 18.2 Å². The number of fused-ring (bicyclic) bond motifs is 1. The van der Waals surface area contributed by atoms with Crippen molar-refractivity contribution >= 4 is 22.8 Å². The van der Waals surface area contributed by atoms with Crippen LogP contribution in [0.4, 0.5) is 10.6 Å². The van der Waals surface area contributed by atoms with Crippen molar-refractivity contribution in [3.05, 3.63) is 30.6 Å². The van der Waals surface area contributed by atoms with Crippen molar-refractivity contribution in [2.45, 2.75) is 56.3 Å². The number of para-hydroxylation sites is 1. The third-order valence-electron chi connectivity index (χ3n) is 7.72. The predicted octanol–water partition coefficient (Wildman–Crippen LogP) is 3.19. The Morgan fingerprint density at radius 2 is 1.97 bits per heavy atom. The predicted molar refractivity (Wildman–Crippen MR) is 112 cm³/mol. The number of carbonyl (C=O) groups is 1. The second-order valence-electron chi connectivity index (χ2n) is 9.86. The molecule has 5 fully saturated rings. The number of nitrogens with zero attached hydrogens (tertiary/aromatic N) is 3. The van der Waals surface area contributed by atoms with Gasteiger partial charge < -0.3 is 20.1 Å². The Balaban J connectivity index is 1.10. The number of anilines is 1. The SMILES string of the molecule is O=C(OC1[C@@H]2CC3C[C@@H]1CC(O)(C3)C2)N1CCC(Nc2ncnc3ccccc23)C1. The van der Waals surface area contributed by atoms with E-state index in [1.165, 1.54) is 0 Å². The summed E-state index contributed by atoms with van der Waals surface area (Å²) in [5, 5.41) is 15.2.